The van der Waals surface area contributed by atoms with Crippen molar-refractivity contribution in [3.05, 3.63) is 69.3 Å². The molecule has 0 aromatic heterocycles. The SMILES string of the molecule is CCNC(=O)[C@@H](C)N(Cc1ccccc1C)C(=O)CN(c1cc([N+](=O)[O-])ccc1C)S(C)(=O)=O. The third-order valence-corrected chi connectivity index (χ3v) is 6.60. The zero-order valence-electron chi connectivity index (χ0n) is 19.9. The van der Waals surface area contributed by atoms with Crippen LogP contribution in [0, 0.1) is 24.0 Å². The fourth-order valence-electron chi connectivity index (χ4n) is 3.45. The highest BCUT2D eigenvalue weighted by Gasteiger charge is 2.31. The van der Waals surface area contributed by atoms with Gasteiger partial charge in [0, 0.05) is 25.2 Å². The Morgan fingerprint density at radius 2 is 1.76 bits per heavy atom. The first-order valence-corrected chi connectivity index (χ1v) is 12.6. The minimum absolute atomic E-state index is 0.0338. The number of nitrogens with one attached hydrogen (secondary N) is 1. The molecule has 34 heavy (non-hydrogen) atoms. The lowest BCUT2D eigenvalue weighted by Gasteiger charge is -2.32. The summed E-state index contributed by atoms with van der Waals surface area (Å²) in [6.07, 6.45) is 0.928. The van der Waals surface area contributed by atoms with Crippen LogP contribution in [0.2, 0.25) is 0 Å². The maximum Gasteiger partial charge on any atom is 0.271 e. The Morgan fingerprint density at radius 3 is 2.32 bits per heavy atom. The van der Waals surface area contributed by atoms with Gasteiger partial charge in [-0.1, -0.05) is 30.3 Å². The summed E-state index contributed by atoms with van der Waals surface area (Å²) < 4.78 is 26.1. The second kappa shape index (κ2) is 11.1. The Labute approximate surface area is 199 Å². The third kappa shape index (κ3) is 6.53. The highest BCUT2D eigenvalue weighted by molar-refractivity contribution is 7.92. The predicted molar refractivity (Wildman–Crippen MR) is 130 cm³/mol. The number of nitro benzene ring substituents is 1. The van der Waals surface area contributed by atoms with Crippen LogP contribution in [0.4, 0.5) is 11.4 Å². The molecule has 11 heteroatoms. The first kappa shape index (κ1) is 26.8. The molecule has 0 unspecified atom stereocenters. The van der Waals surface area contributed by atoms with Crippen molar-refractivity contribution in [1.29, 1.82) is 0 Å². The third-order valence-electron chi connectivity index (χ3n) is 5.47. The second-order valence-electron chi connectivity index (χ2n) is 8.02. The van der Waals surface area contributed by atoms with E-state index in [9.17, 15) is 28.1 Å². The number of carbonyl (C=O) groups excluding carboxylic acids is 2. The van der Waals surface area contributed by atoms with E-state index in [1.54, 1.807) is 20.8 Å². The first-order chi connectivity index (χ1) is 15.9. The molecule has 0 spiro atoms. The number of anilines is 1. The molecule has 0 heterocycles. The zero-order chi connectivity index (χ0) is 25.6. The van der Waals surface area contributed by atoms with Crippen LogP contribution in [-0.4, -0.2) is 55.4 Å². The summed E-state index contributed by atoms with van der Waals surface area (Å²) in [5.41, 5.74) is 1.91. The molecule has 0 aliphatic carbocycles. The molecule has 1 N–H and O–H groups in total. The summed E-state index contributed by atoms with van der Waals surface area (Å²) in [4.78, 5) is 38.0. The topological polar surface area (TPSA) is 130 Å². The molecule has 2 amide bonds. The van der Waals surface area contributed by atoms with Gasteiger partial charge in [0.2, 0.25) is 21.8 Å². The number of amides is 2. The number of hydrogen-bond donors (Lipinski definition) is 1. The Hall–Kier alpha value is -3.47. The number of likely N-dealkylation sites (N-methyl/N-ethyl adjacent to an activating group) is 1. The molecule has 2 aromatic rings. The van der Waals surface area contributed by atoms with E-state index in [0.29, 0.717) is 12.1 Å². The monoisotopic (exact) mass is 490 g/mol. The normalized spacial score (nSPS) is 12.0. The van der Waals surface area contributed by atoms with Gasteiger partial charge in [-0.2, -0.15) is 0 Å². The summed E-state index contributed by atoms with van der Waals surface area (Å²) in [5, 5.41) is 13.9. The Bertz CT molecular complexity index is 1180. The average Bonchev–Trinajstić information content (AvgIpc) is 2.76. The summed E-state index contributed by atoms with van der Waals surface area (Å²) >= 11 is 0. The smallest absolute Gasteiger partial charge is 0.271 e. The van der Waals surface area contributed by atoms with Gasteiger partial charge in [-0.05, 0) is 44.4 Å². The molecule has 2 rings (SSSR count). The van der Waals surface area contributed by atoms with Gasteiger partial charge in [-0.15, -0.1) is 0 Å². The first-order valence-electron chi connectivity index (χ1n) is 10.7. The minimum atomic E-state index is -3.99. The van der Waals surface area contributed by atoms with Crippen molar-refractivity contribution < 1.29 is 22.9 Å². The molecule has 2 aromatic carbocycles. The fraction of sp³-hybridized carbons (Fsp3) is 0.391. The van der Waals surface area contributed by atoms with Gasteiger partial charge >= 0.3 is 0 Å². The number of non-ortho nitro benzene ring substituents is 1. The number of carbonyl (C=O) groups is 2. The van der Waals surface area contributed by atoms with E-state index in [1.807, 2.05) is 31.2 Å². The Kier molecular flexibility index (Phi) is 8.74. The van der Waals surface area contributed by atoms with E-state index in [1.165, 1.54) is 17.0 Å². The molecule has 0 saturated heterocycles. The van der Waals surface area contributed by atoms with Crippen LogP contribution < -0.4 is 9.62 Å². The van der Waals surface area contributed by atoms with Gasteiger partial charge in [0.1, 0.15) is 12.6 Å². The van der Waals surface area contributed by atoms with Crippen molar-refractivity contribution >= 4 is 33.2 Å². The van der Waals surface area contributed by atoms with E-state index in [2.05, 4.69) is 5.32 Å². The number of sulfonamides is 1. The zero-order valence-corrected chi connectivity index (χ0v) is 20.8. The number of rotatable bonds is 10. The van der Waals surface area contributed by atoms with Gasteiger partial charge < -0.3 is 10.2 Å². The Balaban J connectivity index is 2.49. The van der Waals surface area contributed by atoms with Crippen LogP contribution in [0.5, 0.6) is 0 Å². The fourth-order valence-corrected chi connectivity index (χ4v) is 4.35. The maximum absolute atomic E-state index is 13.5. The lowest BCUT2D eigenvalue weighted by atomic mass is 10.1. The number of nitrogens with zero attached hydrogens (tertiary/aromatic N) is 3. The molecule has 0 radical (unpaired) electrons. The van der Waals surface area contributed by atoms with E-state index in [0.717, 1.165) is 27.8 Å². The van der Waals surface area contributed by atoms with Crippen LogP contribution >= 0.6 is 0 Å². The number of aryl methyl sites for hydroxylation is 2. The van der Waals surface area contributed by atoms with Gasteiger partial charge in [0.25, 0.3) is 5.69 Å². The summed E-state index contributed by atoms with van der Waals surface area (Å²) in [5.74, 6) is -0.986. The number of nitro groups is 1. The summed E-state index contributed by atoms with van der Waals surface area (Å²) in [6.45, 7) is 6.66. The second-order valence-corrected chi connectivity index (χ2v) is 9.92. The molecule has 0 aliphatic rings. The van der Waals surface area contributed by atoms with Crippen molar-refractivity contribution in [2.24, 2.45) is 0 Å². The molecule has 0 fully saturated rings. The van der Waals surface area contributed by atoms with Crippen molar-refractivity contribution in [1.82, 2.24) is 10.2 Å². The maximum atomic E-state index is 13.5. The molecule has 0 saturated carbocycles. The standard InChI is InChI=1S/C23H30N4O6S/c1-6-24-23(29)18(4)25(14-19-10-8-7-9-16(19)2)22(28)15-26(34(5,32)33)21-13-20(27(30)31)12-11-17(21)3/h7-13,18H,6,14-15H2,1-5H3,(H,24,29)/t18-/m1/s1. The van der Waals surface area contributed by atoms with E-state index < -0.39 is 33.4 Å². The molecule has 1 atom stereocenters. The van der Waals surface area contributed by atoms with E-state index >= 15 is 0 Å². The molecule has 0 aliphatic heterocycles. The van der Waals surface area contributed by atoms with Crippen LogP contribution in [0.15, 0.2) is 42.5 Å². The quantitative estimate of drug-likeness (QED) is 0.402. The van der Waals surface area contributed by atoms with Crippen LogP contribution in [0.25, 0.3) is 0 Å². The highest BCUT2D eigenvalue weighted by atomic mass is 32.2. The molecule has 10 nitrogen and oxygen atoms in total. The van der Waals surface area contributed by atoms with Crippen LogP contribution in [-0.2, 0) is 26.2 Å². The van der Waals surface area contributed by atoms with Crippen molar-refractivity contribution in [3.63, 3.8) is 0 Å². The lowest BCUT2D eigenvalue weighted by molar-refractivity contribution is -0.384. The largest absolute Gasteiger partial charge is 0.355 e. The summed E-state index contributed by atoms with van der Waals surface area (Å²) in [7, 11) is -3.99. The van der Waals surface area contributed by atoms with Gasteiger partial charge in [0.05, 0.1) is 16.9 Å². The summed E-state index contributed by atoms with van der Waals surface area (Å²) in [6, 6.07) is 10.3. The van der Waals surface area contributed by atoms with Gasteiger partial charge in [0.15, 0.2) is 0 Å². The van der Waals surface area contributed by atoms with E-state index in [4.69, 9.17) is 0 Å². The van der Waals surface area contributed by atoms with Gasteiger partial charge in [-0.3, -0.25) is 24.0 Å². The molecular formula is C23H30N4O6S. The average molecular weight is 491 g/mol. The number of hydrogen-bond acceptors (Lipinski definition) is 6. The minimum Gasteiger partial charge on any atom is -0.355 e. The van der Waals surface area contributed by atoms with Crippen molar-refractivity contribution in [2.45, 2.75) is 40.3 Å². The Morgan fingerprint density at radius 1 is 1.12 bits per heavy atom. The molecule has 0 bridgehead atoms. The lowest BCUT2D eigenvalue weighted by Crippen LogP contribution is -2.51. The van der Waals surface area contributed by atoms with E-state index in [-0.39, 0.29) is 23.8 Å². The molecular weight excluding hydrogens is 460 g/mol. The van der Waals surface area contributed by atoms with Crippen molar-refractivity contribution in [3.8, 4) is 0 Å². The van der Waals surface area contributed by atoms with Crippen LogP contribution in [0.1, 0.15) is 30.5 Å². The number of benzene rings is 2. The highest BCUT2D eigenvalue weighted by Crippen LogP contribution is 2.28. The predicted octanol–water partition coefficient (Wildman–Crippen LogP) is 2.53. The van der Waals surface area contributed by atoms with Gasteiger partial charge in [-0.25, -0.2) is 8.42 Å². The van der Waals surface area contributed by atoms with Crippen LogP contribution in [0.3, 0.4) is 0 Å². The molecule has 184 valence electrons. The van der Waals surface area contributed by atoms with Crippen molar-refractivity contribution in [2.75, 3.05) is 23.7 Å².